The summed E-state index contributed by atoms with van der Waals surface area (Å²) in [6, 6.07) is 7.18. The van der Waals surface area contributed by atoms with E-state index in [0.29, 0.717) is 12.0 Å². The van der Waals surface area contributed by atoms with Gasteiger partial charge in [0.1, 0.15) is 12.4 Å². The van der Waals surface area contributed by atoms with Gasteiger partial charge in [-0.1, -0.05) is 0 Å². The quantitative estimate of drug-likeness (QED) is 0.858. The van der Waals surface area contributed by atoms with E-state index in [9.17, 15) is 9.18 Å². The van der Waals surface area contributed by atoms with Crippen molar-refractivity contribution in [3.05, 3.63) is 30.1 Å². The Morgan fingerprint density at radius 3 is 2.70 bits per heavy atom. The number of ether oxygens (including phenoxy) is 1. The van der Waals surface area contributed by atoms with Crippen molar-refractivity contribution >= 4 is 11.6 Å². The number of amides is 1. The number of rotatable bonds is 3. The van der Waals surface area contributed by atoms with Crippen molar-refractivity contribution in [1.82, 2.24) is 4.90 Å². The van der Waals surface area contributed by atoms with Crippen LogP contribution in [0.25, 0.3) is 0 Å². The van der Waals surface area contributed by atoms with Crippen LogP contribution in [0.1, 0.15) is 26.7 Å². The minimum atomic E-state index is -0.206. The van der Waals surface area contributed by atoms with Gasteiger partial charge in [0.15, 0.2) is 0 Å². The number of anilines is 1. The number of methoxy groups -OCH3 is 1. The van der Waals surface area contributed by atoms with Gasteiger partial charge in [0, 0.05) is 37.5 Å². The molecule has 126 valence electrons. The van der Waals surface area contributed by atoms with E-state index < -0.39 is 0 Å². The molecule has 2 fully saturated rings. The number of hydrogen-bond acceptors (Lipinski definition) is 3. The van der Waals surface area contributed by atoms with Crippen LogP contribution in [0.3, 0.4) is 0 Å². The van der Waals surface area contributed by atoms with Crippen LogP contribution in [0.5, 0.6) is 0 Å². The van der Waals surface area contributed by atoms with Crippen molar-refractivity contribution in [3.8, 4) is 0 Å². The molecule has 0 radical (unpaired) electrons. The van der Waals surface area contributed by atoms with Gasteiger partial charge >= 0.3 is 0 Å². The van der Waals surface area contributed by atoms with Crippen LogP contribution >= 0.6 is 0 Å². The maximum absolute atomic E-state index is 13.2. The SMILES string of the molecule is COCC(=O)N1CC[C@H]2[C@@H](C1)CC(C)(C)N2c1ccc(F)cc1. The van der Waals surface area contributed by atoms with E-state index in [2.05, 4.69) is 18.7 Å². The van der Waals surface area contributed by atoms with Gasteiger partial charge in [0.25, 0.3) is 0 Å². The summed E-state index contributed by atoms with van der Waals surface area (Å²) < 4.78 is 18.2. The predicted octanol–water partition coefficient (Wildman–Crippen LogP) is 2.68. The number of nitrogens with zero attached hydrogens (tertiary/aromatic N) is 2. The predicted molar refractivity (Wildman–Crippen MR) is 87.9 cm³/mol. The molecule has 1 amide bonds. The van der Waals surface area contributed by atoms with Crippen molar-refractivity contribution in [2.24, 2.45) is 5.92 Å². The fraction of sp³-hybridized carbons (Fsp3) is 0.611. The average molecular weight is 320 g/mol. The first kappa shape index (κ1) is 16.2. The minimum Gasteiger partial charge on any atom is -0.375 e. The topological polar surface area (TPSA) is 32.8 Å². The molecule has 2 aliphatic heterocycles. The zero-order valence-electron chi connectivity index (χ0n) is 14.1. The molecule has 2 saturated heterocycles. The highest BCUT2D eigenvalue weighted by Crippen LogP contribution is 2.44. The lowest BCUT2D eigenvalue weighted by Crippen LogP contribution is -2.50. The molecule has 2 heterocycles. The van der Waals surface area contributed by atoms with E-state index in [1.165, 1.54) is 12.1 Å². The van der Waals surface area contributed by atoms with Gasteiger partial charge in [0.2, 0.25) is 5.91 Å². The fourth-order valence-electron chi connectivity index (χ4n) is 4.33. The summed E-state index contributed by atoms with van der Waals surface area (Å²) in [4.78, 5) is 16.4. The number of fused-ring (bicyclic) bond motifs is 1. The van der Waals surface area contributed by atoms with Gasteiger partial charge in [0.05, 0.1) is 0 Å². The van der Waals surface area contributed by atoms with Crippen LogP contribution in [0, 0.1) is 11.7 Å². The lowest BCUT2D eigenvalue weighted by atomic mass is 9.90. The normalized spacial score (nSPS) is 26.3. The van der Waals surface area contributed by atoms with Crippen LogP contribution in [0.2, 0.25) is 0 Å². The fourth-order valence-corrected chi connectivity index (χ4v) is 4.33. The zero-order chi connectivity index (χ0) is 16.6. The molecule has 0 N–H and O–H groups in total. The van der Waals surface area contributed by atoms with Gasteiger partial charge in [-0.05, 0) is 56.9 Å². The first-order valence-electron chi connectivity index (χ1n) is 8.24. The number of carbonyl (C=O) groups excluding carboxylic acids is 1. The highest BCUT2D eigenvalue weighted by atomic mass is 19.1. The van der Waals surface area contributed by atoms with Gasteiger partial charge in [-0.15, -0.1) is 0 Å². The highest BCUT2D eigenvalue weighted by Gasteiger charge is 2.48. The number of piperidine rings is 1. The molecule has 5 heteroatoms. The number of halogens is 1. The maximum Gasteiger partial charge on any atom is 0.248 e. The molecule has 23 heavy (non-hydrogen) atoms. The van der Waals surface area contributed by atoms with Gasteiger partial charge in [-0.2, -0.15) is 0 Å². The van der Waals surface area contributed by atoms with Crippen LogP contribution in [0.4, 0.5) is 10.1 Å². The van der Waals surface area contributed by atoms with Crippen molar-refractivity contribution in [2.75, 3.05) is 31.7 Å². The molecule has 0 aliphatic carbocycles. The van der Waals surface area contributed by atoms with E-state index in [0.717, 1.165) is 31.6 Å². The second kappa shape index (κ2) is 6.11. The summed E-state index contributed by atoms with van der Waals surface area (Å²) in [5.74, 6) is 0.316. The Morgan fingerprint density at radius 1 is 1.35 bits per heavy atom. The van der Waals surface area contributed by atoms with Crippen molar-refractivity contribution in [1.29, 1.82) is 0 Å². The molecule has 2 atom stereocenters. The molecule has 0 unspecified atom stereocenters. The third-order valence-corrected chi connectivity index (χ3v) is 5.16. The molecule has 4 nitrogen and oxygen atoms in total. The molecule has 0 spiro atoms. The third-order valence-electron chi connectivity index (χ3n) is 5.16. The summed E-state index contributed by atoms with van der Waals surface area (Å²) in [6.45, 7) is 6.17. The van der Waals surface area contributed by atoms with E-state index in [1.54, 1.807) is 7.11 Å². The Hall–Kier alpha value is -1.62. The first-order valence-corrected chi connectivity index (χ1v) is 8.24. The van der Waals surface area contributed by atoms with Crippen molar-refractivity contribution in [3.63, 3.8) is 0 Å². The van der Waals surface area contributed by atoms with E-state index in [-0.39, 0.29) is 23.9 Å². The van der Waals surface area contributed by atoms with Gasteiger partial charge in [-0.3, -0.25) is 4.79 Å². The molecule has 0 bridgehead atoms. The Morgan fingerprint density at radius 2 is 2.04 bits per heavy atom. The lowest BCUT2D eigenvalue weighted by Gasteiger charge is -2.41. The van der Waals surface area contributed by atoms with E-state index >= 15 is 0 Å². The van der Waals surface area contributed by atoms with Crippen LogP contribution in [0.15, 0.2) is 24.3 Å². The number of carbonyl (C=O) groups is 1. The standard InChI is InChI=1S/C18H25FN2O2/c1-18(2)10-13-11-20(17(22)12-23-3)9-8-16(13)21(18)15-6-4-14(19)5-7-15/h4-7,13,16H,8-12H2,1-3H3/t13-,16+/m1/s1. The monoisotopic (exact) mass is 320 g/mol. The Kier molecular flexibility index (Phi) is 4.32. The molecule has 0 saturated carbocycles. The number of likely N-dealkylation sites (tertiary alicyclic amines) is 1. The average Bonchev–Trinajstić information content (AvgIpc) is 2.77. The summed E-state index contributed by atoms with van der Waals surface area (Å²) in [5.41, 5.74) is 1.08. The van der Waals surface area contributed by atoms with Gasteiger partial charge < -0.3 is 14.5 Å². The Labute approximate surface area is 137 Å². The molecule has 0 aromatic heterocycles. The van der Waals surface area contributed by atoms with Crippen molar-refractivity contribution < 1.29 is 13.9 Å². The Balaban J connectivity index is 1.79. The summed E-state index contributed by atoms with van der Waals surface area (Å²) in [5, 5.41) is 0. The second-order valence-electron chi connectivity index (χ2n) is 7.25. The molecule has 2 aliphatic rings. The summed E-state index contributed by atoms with van der Waals surface area (Å²) in [6.07, 6.45) is 1.98. The van der Waals surface area contributed by atoms with Crippen LogP contribution < -0.4 is 4.90 Å². The summed E-state index contributed by atoms with van der Waals surface area (Å²) in [7, 11) is 1.56. The molecule has 1 aromatic rings. The smallest absolute Gasteiger partial charge is 0.248 e. The number of hydrogen-bond donors (Lipinski definition) is 0. The molecular formula is C18H25FN2O2. The van der Waals surface area contributed by atoms with Crippen molar-refractivity contribution in [2.45, 2.75) is 38.3 Å². The van der Waals surface area contributed by atoms with Crippen LogP contribution in [-0.2, 0) is 9.53 Å². The Bertz CT molecular complexity index is 573. The van der Waals surface area contributed by atoms with Gasteiger partial charge in [-0.25, -0.2) is 4.39 Å². The van der Waals surface area contributed by atoms with Crippen LogP contribution in [-0.4, -0.2) is 49.2 Å². The molecular weight excluding hydrogens is 295 g/mol. The molecule has 3 rings (SSSR count). The molecule has 1 aromatic carbocycles. The number of benzene rings is 1. The maximum atomic E-state index is 13.2. The minimum absolute atomic E-state index is 0.00742. The zero-order valence-corrected chi connectivity index (χ0v) is 14.1. The summed E-state index contributed by atoms with van der Waals surface area (Å²) >= 11 is 0. The first-order chi connectivity index (χ1) is 10.9. The van der Waals surface area contributed by atoms with E-state index in [1.807, 2.05) is 17.0 Å². The highest BCUT2D eigenvalue weighted by molar-refractivity contribution is 5.77. The van der Waals surface area contributed by atoms with E-state index in [4.69, 9.17) is 4.74 Å². The largest absolute Gasteiger partial charge is 0.375 e. The second-order valence-corrected chi connectivity index (χ2v) is 7.25. The third kappa shape index (κ3) is 3.07. The lowest BCUT2D eigenvalue weighted by molar-refractivity contribution is -0.137.